The Hall–Kier alpha value is -4.75. The number of benzene rings is 3. The molecule has 6 atom stereocenters. The van der Waals surface area contributed by atoms with E-state index in [0.29, 0.717) is 10.6 Å². The van der Waals surface area contributed by atoms with E-state index in [1.54, 1.807) is 36.4 Å². The average molecular weight is 650 g/mol. The lowest BCUT2D eigenvalue weighted by molar-refractivity contribution is -0.207. The molecular weight excluding hydrogens is 625 g/mol. The second-order valence-corrected chi connectivity index (χ2v) is 10.6. The predicted octanol–water partition coefficient (Wildman–Crippen LogP) is 5.24. The molecule has 13 nitrogen and oxygen atoms in total. The summed E-state index contributed by atoms with van der Waals surface area (Å²) in [5.41, 5.74) is 0.827. The first-order valence-corrected chi connectivity index (χ1v) is 13.7. The van der Waals surface area contributed by atoms with Crippen molar-refractivity contribution in [1.82, 2.24) is 5.32 Å². The van der Waals surface area contributed by atoms with Gasteiger partial charge in [-0.3, -0.25) is 4.79 Å². The molecule has 1 saturated carbocycles. The third-order valence-electron chi connectivity index (χ3n) is 6.96. The summed E-state index contributed by atoms with van der Waals surface area (Å²) in [6.07, 6.45) is -11.8. The Morgan fingerprint density at radius 3 is 1.95 bits per heavy atom. The van der Waals surface area contributed by atoms with Gasteiger partial charge in [0, 0.05) is 6.42 Å². The Morgan fingerprint density at radius 2 is 1.36 bits per heavy atom. The Balaban J connectivity index is 1.59. The number of fused-ring (bicyclic) bond motifs is 1. The van der Waals surface area contributed by atoms with E-state index in [0.717, 1.165) is 10.8 Å². The van der Waals surface area contributed by atoms with Crippen LogP contribution in [0.25, 0.3) is 10.8 Å². The molecule has 0 heterocycles. The van der Waals surface area contributed by atoms with E-state index in [-0.39, 0.29) is 17.0 Å². The summed E-state index contributed by atoms with van der Waals surface area (Å²) >= 11 is 12.2. The molecule has 0 spiro atoms. The van der Waals surface area contributed by atoms with Gasteiger partial charge < -0.3 is 39.6 Å². The van der Waals surface area contributed by atoms with E-state index < -0.39 is 66.7 Å². The number of rotatable bonds is 10. The van der Waals surface area contributed by atoms with E-state index in [1.807, 2.05) is 24.3 Å². The zero-order valence-electron chi connectivity index (χ0n) is 22.7. The molecule has 3 aromatic rings. The van der Waals surface area contributed by atoms with Crippen LogP contribution in [0.15, 0.2) is 60.7 Å². The summed E-state index contributed by atoms with van der Waals surface area (Å²) in [5, 5.41) is 32.1. The molecule has 0 bridgehead atoms. The molecule has 1 amide bonds. The highest BCUT2D eigenvalue weighted by atomic mass is 35.5. The van der Waals surface area contributed by atoms with Crippen LogP contribution in [0.3, 0.4) is 0 Å². The van der Waals surface area contributed by atoms with Crippen LogP contribution in [-0.4, -0.2) is 76.1 Å². The molecule has 1 aliphatic carbocycles. The van der Waals surface area contributed by atoms with Gasteiger partial charge in [-0.05, 0) is 47.5 Å². The fourth-order valence-electron chi connectivity index (χ4n) is 4.85. The first-order chi connectivity index (χ1) is 20.8. The summed E-state index contributed by atoms with van der Waals surface area (Å²) in [6.45, 7) is 1.50. The molecule has 0 saturated heterocycles. The highest BCUT2D eigenvalue weighted by molar-refractivity contribution is 6.42. The van der Waals surface area contributed by atoms with Gasteiger partial charge in [-0.2, -0.15) is 0 Å². The van der Waals surface area contributed by atoms with Crippen LogP contribution in [0.5, 0.6) is 0 Å². The van der Waals surface area contributed by atoms with E-state index >= 15 is 0 Å². The highest BCUT2D eigenvalue weighted by Gasteiger charge is 2.62. The quantitative estimate of drug-likeness (QED) is 0.165. The molecule has 0 radical (unpaired) electrons. The van der Waals surface area contributed by atoms with Crippen LogP contribution in [-0.2, 0) is 30.2 Å². The molecule has 1 aliphatic rings. The predicted molar refractivity (Wildman–Crippen MR) is 153 cm³/mol. The average Bonchev–Trinajstić information content (AvgIpc) is 2.96. The molecule has 1 fully saturated rings. The van der Waals surface area contributed by atoms with Gasteiger partial charge in [0.05, 0.1) is 21.7 Å². The lowest BCUT2D eigenvalue weighted by Gasteiger charge is -2.46. The number of carboxylic acid groups (broad SMARTS) is 3. The number of carbonyl (C=O) groups excluding carboxylic acids is 2. The van der Waals surface area contributed by atoms with Crippen LogP contribution < -0.4 is 5.32 Å². The molecule has 3 aromatic carbocycles. The van der Waals surface area contributed by atoms with Gasteiger partial charge in [-0.25, -0.2) is 19.2 Å². The van der Waals surface area contributed by atoms with Crippen molar-refractivity contribution in [3.05, 3.63) is 81.8 Å². The van der Waals surface area contributed by atoms with Crippen molar-refractivity contribution in [3.63, 3.8) is 0 Å². The van der Waals surface area contributed by atoms with Crippen molar-refractivity contribution in [2.75, 3.05) is 0 Å². The van der Waals surface area contributed by atoms with Crippen LogP contribution in [0, 0.1) is 5.92 Å². The van der Waals surface area contributed by atoms with Gasteiger partial charge in [0.15, 0.2) is 18.3 Å². The Morgan fingerprint density at radius 1 is 0.773 bits per heavy atom. The number of hydrogen-bond acceptors (Lipinski definition) is 9. The normalized spacial score (nSPS) is 20.3. The van der Waals surface area contributed by atoms with Crippen LogP contribution in [0.2, 0.25) is 10.0 Å². The van der Waals surface area contributed by atoms with Crippen LogP contribution in [0.4, 0.5) is 14.4 Å². The minimum atomic E-state index is -1.87. The van der Waals surface area contributed by atoms with Gasteiger partial charge in [-0.15, -0.1) is 0 Å². The fraction of sp³-hybridized carbons (Fsp3) is 0.276. The Labute approximate surface area is 259 Å². The van der Waals surface area contributed by atoms with Gasteiger partial charge >= 0.3 is 24.4 Å². The highest BCUT2D eigenvalue weighted by Crippen LogP contribution is 2.37. The first kappa shape index (κ1) is 32.2. The zero-order chi connectivity index (χ0) is 32.1. The Kier molecular flexibility index (Phi) is 10.0. The van der Waals surface area contributed by atoms with Crippen LogP contribution in [0.1, 0.15) is 22.8 Å². The zero-order valence-corrected chi connectivity index (χ0v) is 24.2. The summed E-state index contributed by atoms with van der Waals surface area (Å²) in [4.78, 5) is 60.3. The first-order valence-electron chi connectivity index (χ1n) is 13.0. The van der Waals surface area contributed by atoms with Gasteiger partial charge in [0.2, 0.25) is 5.91 Å². The van der Waals surface area contributed by atoms with Gasteiger partial charge in [0.25, 0.3) is 0 Å². The summed E-state index contributed by atoms with van der Waals surface area (Å²) < 4.78 is 19.7. The molecular formula is C29H25Cl2NO12. The van der Waals surface area contributed by atoms with E-state index in [2.05, 4.69) is 19.5 Å². The van der Waals surface area contributed by atoms with E-state index in [9.17, 15) is 24.0 Å². The maximum atomic E-state index is 13.4. The van der Waals surface area contributed by atoms with Crippen molar-refractivity contribution in [2.24, 2.45) is 5.92 Å². The lowest BCUT2D eigenvalue weighted by atomic mass is 9.74. The molecule has 4 rings (SSSR count). The minimum absolute atomic E-state index is 0.0389. The Bertz CT molecular complexity index is 1570. The number of carbonyl (C=O) groups is 5. The van der Waals surface area contributed by atoms with Crippen molar-refractivity contribution in [3.8, 4) is 0 Å². The molecule has 15 heteroatoms. The molecule has 44 heavy (non-hydrogen) atoms. The van der Waals surface area contributed by atoms with Crippen molar-refractivity contribution >= 4 is 64.3 Å². The minimum Gasteiger partial charge on any atom is -0.456 e. The molecule has 0 aromatic heterocycles. The lowest BCUT2D eigenvalue weighted by Crippen LogP contribution is -2.69. The van der Waals surface area contributed by atoms with Crippen molar-refractivity contribution < 1.29 is 58.2 Å². The van der Waals surface area contributed by atoms with Gasteiger partial charge in [0.1, 0.15) is 12.0 Å². The number of hydrogen-bond donors (Lipinski definition) is 4. The number of nitrogens with one attached hydrogen (secondary N) is 1. The number of esters is 1. The maximum Gasteiger partial charge on any atom is 0.506 e. The topological polar surface area (TPSA) is 195 Å². The van der Waals surface area contributed by atoms with Crippen molar-refractivity contribution in [2.45, 2.75) is 43.8 Å². The standard InChI is InChI=1S/C29H25Cl2NO12/c1-13(32-25(33)21-22(42-27(35)36)24(44-29(39)40)23(21)43-28(37)38)20(11-14-6-9-18(30)19(31)10-14)41-26(34)17-8-7-15-4-2-3-5-16(15)12-17/h2-10,12-13,20-24H,11H2,1H3,(H,32,33)(H,35,36)(H,37,38)(H,39,40)/t13-,20+,21-,22-,23+,24-/m0/s1. The largest absolute Gasteiger partial charge is 0.506 e. The SMILES string of the molecule is C[C@H](NC(=O)[C@H]1[C@H](OC(=O)O)[C@H](OC(=O)O)[C@@H]1OC(=O)O)[C@@H](Cc1ccc(Cl)c(Cl)c1)OC(=O)c1ccc2ccccc2c1. The maximum absolute atomic E-state index is 13.4. The van der Waals surface area contributed by atoms with E-state index in [1.165, 1.54) is 6.92 Å². The molecule has 0 unspecified atom stereocenters. The monoisotopic (exact) mass is 649 g/mol. The summed E-state index contributed by atoms with van der Waals surface area (Å²) in [7, 11) is 0. The second kappa shape index (κ2) is 13.7. The van der Waals surface area contributed by atoms with Crippen molar-refractivity contribution in [1.29, 1.82) is 0 Å². The number of halogens is 2. The molecule has 4 N–H and O–H groups in total. The third-order valence-corrected chi connectivity index (χ3v) is 7.70. The number of amides is 1. The smallest absolute Gasteiger partial charge is 0.456 e. The van der Waals surface area contributed by atoms with Gasteiger partial charge in [-0.1, -0.05) is 59.6 Å². The fourth-order valence-corrected chi connectivity index (χ4v) is 5.18. The molecule has 0 aliphatic heterocycles. The summed E-state index contributed by atoms with van der Waals surface area (Å²) in [5.74, 6) is -3.31. The van der Waals surface area contributed by atoms with Crippen LogP contribution >= 0.6 is 23.2 Å². The molecule has 232 valence electrons. The summed E-state index contributed by atoms with van der Waals surface area (Å²) in [6, 6.07) is 16.1. The third kappa shape index (κ3) is 7.60. The second-order valence-electron chi connectivity index (χ2n) is 9.83. The number of ether oxygens (including phenoxy) is 4. The van der Waals surface area contributed by atoms with E-state index in [4.69, 9.17) is 43.3 Å².